The average Bonchev–Trinajstić information content (AvgIpc) is 2.39. The highest BCUT2D eigenvalue weighted by Gasteiger charge is 2.18. The molecular formula is C12H16N2O5. The third-order valence-corrected chi connectivity index (χ3v) is 3.12. The van der Waals surface area contributed by atoms with Gasteiger partial charge in [-0.1, -0.05) is 6.07 Å². The minimum Gasteiger partial charge on any atom is -0.379 e. The van der Waals surface area contributed by atoms with Crippen molar-refractivity contribution in [1.29, 1.82) is 0 Å². The van der Waals surface area contributed by atoms with Crippen LogP contribution in [0.4, 0.5) is 5.69 Å². The Balaban J connectivity index is 2.20. The molecule has 0 atom stereocenters. The lowest BCUT2D eigenvalue weighted by molar-refractivity contribution is -0.385. The number of nitro benzene ring substituents is 1. The predicted octanol–water partition coefficient (Wildman–Crippen LogP) is 0.410. The molecule has 0 radical (unpaired) electrons. The number of rotatable bonds is 4. The molecule has 0 aromatic heterocycles. The number of nitrogens with zero attached hydrogens (tertiary/aromatic N) is 2. The van der Waals surface area contributed by atoms with Crippen molar-refractivity contribution in [2.45, 2.75) is 12.8 Å². The number of benzene rings is 1. The van der Waals surface area contributed by atoms with E-state index >= 15 is 0 Å². The summed E-state index contributed by atoms with van der Waals surface area (Å²) in [5.74, 6) is 0. The number of non-ortho nitro benzene ring substituents is 1. The lowest BCUT2D eigenvalue weighted by Crippen LogP contribution is -2.36. The van der Waals surface area contributed by atoms with Crippen LogP contribution in [0, 0.1) is 10.1 Å². The van der Waals surface area contributed by atoms with E-state index in [1.54, 1.807) is 6.07 Å². The van der Waals surface area contributed by atoms with Gasteiger partial charge in [0.1, 0.15) is 0 Å². The number of aliphatic hydroxyl groups is 2. The summed E-state index contributed by atoms with van der Waals surface area (Å²) in [7, 11) is 0. The van der Waals surface area contributed by atoms with Crippen LogP contribution in [0.3, 0.4) is 0 Å². The SMILES string of the molecule is O=[N+]([O-])c1ccc(CN2CCOCC2)c(C(O)O)c1. The third kappa shape index (κ3) is 3.48. The molecule has 1 heterocycles. The Morgan fingerprint density at radius 3 is 2.63 bits per heavy atom. The van der Waals surface area contributed by atoms with Crippen molar-refractivity contribution in [1.82, 2.24) is 4.90 Å². The molecule has 1 saturated heterocycles. The van der Waals surface area contributed by atoms with E-state index in [4.69, 9.17) is 4.74 Å². The Hall–Kier alpha value is -1.54. The zero-order valence-electron chi connectivity index (χ0n) is 10.4. The molecule has 7 nitrogen and oxygen atoms in total. The summed E-state index contributed by atoms with van der Waals surface area (Å²) in [6, 6.07) is 4.16. The summed E-state index contributed by atoms with van der Waals surface area (Å²) in [5, 5.41) is 29.4. The van der Waals surface area contributed by atoms with Gasteiger partial charge in [-0.15, -0.1) is 0 Å². The Morgan fingerprint density at radius 1 is 1.37 bits per heavy atom. The minimum absolute atomic E-state index is 0.145. The maximum Gasteiger partial charge on any atom is 0.269 e. The van der Waals surface area contributed by atoms with Gasteiger partial charge in [-0.2, -0.15) is 0 Å². The molecule has 2 rings (SSSR count). The standard InChI is InChI=1S/C12H16N2O5/c15-12(16)11-7-10(14(17)18)2-1-9(11)8-13-3-5-19-6-4-13/h1-2,7,12,15-16H,3-6,8H2. The van der Waals surface area contributed by atoms with Gasteiger partial charge in [0.05, 0.1) is 18.1 Å². The van der Waals surface area contributed by atoms with Gasteiger partial charge in [-0.05, 0) is 5.56 Å². The lowest BCUT2D eigenvalue weighted by atomic mass is 10.1. The first kappa shape index (κ1) is 13.9. The van der Waals surface area contributed by atoms with Crippen molar-refractivity contribution >= 4 is 5.69 Å². The molecule has 19 heavy (non-hydrogen) atoms. The Bertz CT molecular complexity index is 457. The van der Waals surface area contributed by atoms with Crippen LogP contribution in [-0.2, 0) is 11.3 Å². The van der Waals surface area contributed by atoms with E-state index in [9.17, 15) is 20.3 Å². The summed E-state index contributed by atoms with van der Waals surface area (Å²) in [4.78, 5) is 12.2. The first-order valence-corrected chi connectivity index (χ1v) is 6.01. The molecule has 1 aromatic rings. The van der Waals surface area contributed by atoms with Gasteiger partial charge in [0.25, 0.3) is 5.69 Å². The molecule has 0 unspecified atom stereocenters. The highest BCUT2D eigenvalue weighted by molar-refractivity contribution is 5.40. The van der Waals surface area contributed by atoms with Crippen LogP contribution < -0.4 is 0 Å². The van der Waals surface area contributed by atoms with E-state index in [2.05, 4.69) is 4.90 Å². The normalized spacial score (nSPS) is 16.8. The van der Waals surface area contributed by atoms with Crippen molar-refractivity contribution in [3.05, 3.63) is 39.4 Å². The monoisotopic (exact) mass is 268 g/mol. The van der Waals surface area contributed by atoms with Crippen LogP contribution in [0.15, 0.2) is 18.2 Å². The van der Waals surface area contributed by atoms with Crippen LogP contribution >= 0.6 is 0 Å². The number of ether oxygens (including phenoxy) is 1. The van der Waals surface area contributed by atoms with E-state index in [1.807, 2.05) is 0 Å². The van der Waals surface area contributed by atoms with Crippen LogP contribution in [0.25, 0.3) is 0 Å². The fraction of sp³-hybridized carbons (Fsp3) is 0.500. The molecule has 0 spiro atoms. The Kier molecular flexibility index (Phi) is 4.43. The Morgan fingerprint density at radius 2 is 2.05 bits per heavy atom. The van der Waals surface area contributed by atoms with E-state index in [0.29, 0.717) is 25.3 Å². The molecule has 104 valence electrons. The first-order valence-electron chi connectivity index (χ1n) is 6.01. The molecule has 1 fully saturated rings. The molecule has 0 saturated carbocycles. The highest BCUT2D eigenvalue weighted by atomic mass is 16.6. The lowest BCUT2D eigenvalue weighted by Gasteiger charge is -2.27. The van der Waals surface area contributed by atoms with Crippen molar-refractivity contribution in [2.75, 3.05) is 26.3 Å². The van der Waals surface area contributed by atoms with Crippen LogP contribution in [0.2, 0.25) is 0 Å². The molecule has 7 heteroatoms. The molecule has 1 aliphatic heterocycles. The largest absolute Gasteiger partial charge is 0.379 e. The summed E-state index contributed by atoms with van der Waals surface area (Å²) in [6.07, 6.45) is -1.71. The summed E-state index contributed by atoms with van der Waals surface area (Å²) < 4.78 is 5.24. The highest BCUT2D eigenvalue weighted by Crippen LogP contribution is 2.24. The average molecular weight is 268 g/mol. The molecular weight excluding hydrogens is 252 g/mol. The quantitative estimate of drug-likeness (QED) is 0.466. The minimum atomic E-state index is -1.71. The van der Waals surface area contributed by atoms with Crippen LogP contribution in [0.5, 0.6) is 0 Å². The van der Waals surface area contributed by atoms with E-state index < -0.39 is 11.2 Å². The third-order valence-electron chi connectivity index (χ3n) is 3.12. The molecule has 0 amide bonds. The summed E-state index contributed by atoms with van der Waals surface area (Å²) in [6.45, 7) is 3.33. The summed E-state index contributed by atoms with van der Waals surface area (Å²) >= 11 is 0. The topological polar surface area (TPSA) is 96.1 Å². The molecule has 2 N–H and O–H groups in total. The number of hydrogen-bond acceptors (Lipinski definition) is 6. The van der Waals surface area contributed by atoms with Crippen molar-refractivity contribution in [3.63, 3.8) is 0 Å². The van der Waals surface area contributed by atoms with E-state index in [1.165, 1.54) is 12.1 Å². The van der Waals surface area contributed by atoms with Crippen molar-refractivity contribution in [2.24, 2.45) is 0 Å². The fourth-order valence-corrected chi connectivity index (χ4v) is 2.08. The van der Waals surface area contributed by atoms with Gasteiger partial charge < -0.3 is 14.9 Å². The molecule has 0 aliphatic carbocycles. The number of hydrogen-bond donors (Lipinski definition) is 2. The van der Waals surface area contributed by atoms with Gasteiger partial charge in [0.2, 0.25) is 0 Å². The molecule has 1 aliphatic rings. The summed E-state index contributed by atoms with van der Waals surface area (Å²) in [5.41, 5.74) is 0.719. The van der Waals surface area contributed by atoms with Crippen molar-refractivity contribution in [3.8, 4) is 0 Å². The van der Waals surface area contributed by atoms with Crippen molar-refractivity contribution < 1.29 is 19.9 Å². The predicted molar refractivity (Wildman–Crippen MR) is 66.4 cm³/mol. The molecule has 1 aromatic carbocycles. The fourth-order valence-electron chi connectivity index (χ4n) is 2.08. The van der Waals surface area contributed by atoms with E-state index in [-0.39, 0.29) is 11.3 Å². The maximum atomic E-state index is 10.7. The maximum absolute atomic E-state index is 10.7. The van der Waals surface area contributed by atoms with E-state index in [0.717, 1.165) is 13.1 Å². The second kappa shape index (κ2) is 6.07. The van der Waals surface area contributed by atoms with Gasteiger partial charge in [0.15, 0.2) is 6.29 Å². The second-order valence-electron chi connectivity index (χ2n) is 4.40. The van der Waals surface area contributed by atoms with Gasteiger partial charge >= 0.3 is 0 Å². The zero-order chi connectivity index (χ0) is 13.8. The number of nitro groups is 1. The van der Waals surface area contributed by atoms with Crippen LogP contribution in [0.1, 0.15) is 17.4 Å². The second-order valence-corrected chi connectivity index (χ2v) is 4.40. The van der Waals surface area contributed by atoms with Gasteiger partial charge in [-0.3, -0.25) is 15.0 Å². The molecule has 0 bridgehead atoms. The number of morpholine rings is 1. The Labute approximate surface area is 110 Å². The smallest absolute Gasteiger partial charge is 0.269 e. The number of aliphatic hydroxyl groups excluding tert-OH is 1. The van der Waals surface area contributed by atoms with Gasteiger partial charge in [-0.25, -0.2) is 0 Å². The zero-order valence-corrected chi connectivity index (χ0v) is 10.4. The van der Waals surface area contributed by atoms with Crippen LogP contribution in [-0.4, -0.2) is 46.3 Å². The van der Waals surface area contributed by atoms with Gasteiger partial charge in [0, 0.05) is 37.3 Å². The first-order chi connectivity index (χ1) is 9.08.